The van der Waals surface area contributed by atoms with Gasteiger partial charge in [-0.2, -0.15) is 0 Å². The number of rotatable bonds is 6. The van der Waals surface area contributed by atoms with E-state index in [9.17, 15) is 13.2 Å². The molecule has 0 aromatic heterocycles. The van der Waals surface area contributed by atoms with Crippen LogP contribution < -0.4 is 5.32 Å². The van der Waals surface area contributed by atoms with E-state index in [1.54, 1.807) is 0 Å². The number of benzene rings is 1. The van der Waals surface area contributed by atoms with Crippen molar-refractivity contribution in [2.45, 2.75) is 32.1 Å². The average Bonchev–Trinajstić information content (AvgIpc) is 2.55. The lowest BCUT2D eigenvalue weighted by atomic mass is 9.94. The zero-order valence-corrected chi connectivity index (χ0v) is 14.7. The topological polar surface area (TPSA) is 66.5 Å². The fourth-order valence-corrected chi connectivity index (χ4v) is 3.91. The molecule has 0 spiro atoms. The van der Waals surface area contributed by atoms with Crippen molar-refractivity contribution in [1.82, 2.24) is 9.62 Å². The molecule has 128 valence electrons. The molecule has 1 aliphatic heterocycles. The number of piperidine rings is 1. The Hall–Kier alpha value is -1.40. The lowest BCUT2D eigenvalue weighted by Crippen LogP contribution is -2.43. The molecule has 1 aromatic carbocycles. The summed E-state index contributed by atoms with van der Waals surface area (Å²) in [6, 6.07) is 10.2. The third-order valence-corrected chi connectivity index (χ3v) is 5.88. The molecule has 1 heterocycles. The van der Waals surface area contributed by atoms with E-state index in [0.717, 1.165) is 6.42 Å². The van der Waals surface area contributed by atoms with Crippen LogP contribution >= 0.6 is 0 Å². The number of nitrogens with zero attached hydrogens (tertiary/aromatic N) is 1. The van der Waals surface area contributed by atoms with Crippen LogP contribution in [0.5, 0.6) is 0 Å². The van der Waals surface area contributed by atoms with Gasteiger partial charge in [0.2, 0.25) is 15.9 Å². The Morgan fingerprint density at radius 1 is 1.26 bits per heavy atom. The summed E-state index contributed by atoms with van der Waals surface area (Å²) in [6.07, 6.45) is 3.39. The molecule has 0 aliphatic carbocycles. The van der Waals surface area contributed by atoms with Crippen molar-refractivity contribution < 1.29 is 13.2 Å². The highest BCUT2D eigenvalue weighted by Crippen LogP contribution is 2.21. The highest BCUT2D eigenvalue weighted by Gasteiger charge is 2.29. The molecule has 1 N–H and O–H groups in total. The zero-order valence-electron chi connectivity index (χ0n) is 13.9. The summed E-state index contributed by atoms with van der Waals surface area (Å²) < 4.78 is 24.5. The smallest absolute Gasteiger partial charge is 0.223 e. The van der Waals surface area contributed by atoms with Gasteiger partial charge in [-0.3, -0.25) is 4.79 Å². The monoisotopic (exact) mass is 338 g/mol. The molecule has 1 saturated heterocycles. The van der Waals surface area contributed by atoms with Crippen molar-refractivity contribution in [3.63, 3.8) is 0 Å². The van der Waals surface area contributed by atoms with Gasteiger partial charge in [0.15, 0.2) is 0 Å². The number of carbonyl (C=O) groups is 1. The van der Waals surface area contributed by atoms with Crippen LogP contribution in [0.4, 0.5) is 0 Å². The van der Waals surface area contributed by atoms with Crippen LogP contribution in [0.2, 0.25) is 0 Å². The Kier molecular flexibility index (Phi) is 6.18. The first-order valence-corrected chi connectivity index (χ1v) is 10.0. The molecule has 6 heteroatoms. The van der Waals surface area contributed by atoms with Crippen LogP contribution in [0.15, 0.2) is 30.3 Å². The number of hydrogen-bond donors (Lipinski definition) is 1. The summed E-state index contributed by atoms with van der Waals surface area (Å²) in [5.74, 6) is 0.282. The Morgan fingerprint density at radius 2 is 1.87 bits per heavy atom. The lowest BCUT2D eigenvalue weighted by Gasteiger charge is -2.29. The molecule has 5 nitrogen and oxygen atoms in total. The van der Waals surface area contributed by atoms with Crippen molar-refractivity contribution in [3.8, 4) is 0 Å². The van der Waals surface area contributed by atoms with Crippen molar-refractivity contribution >= 4 is 15.9 Å². The third-order valence-electron chi connectivity index (χ3n) is 4.58. The van der Waals surface area contributed by atoms with Crippen LogP contribution in [0, 0.1) is 5.92 Å². The quantitative estimate of drug-likeness (QED) is 0.862. The Labute approximate surface area is 139 Å². The number of amides is 1. The number of carbonyl (C=O) groups excluding carboxylic acids is 1. The van der Waals surface area contributed by atoms with E-state index in [4.69, 9.17) is 0 Å². The number of nitrogens with one attached hydrogen (secondary N) is 1. The van der Waals surface area contributed by atoms with Crippen LogP contribution in [0.25, 0.3) is 0 Å². The molecular weight excluding hydrogens is 312 g/mol. The van der Waals surface area contributed by atoms with Gasteiger partial charge in [-0.25, -0.2) is 12.7 Å². The first kappa shape index (κ1) is 17.9. The Morgan fingerprint density at radius 3 is 2.39 bits per heavy atom. The van der Waals surface area contributed by atoms with E-state index < -0.39 is 10.0 Å². The summed E-state index contributed by atoms with van der Waals surface area (Å²) >= 11 is 0. The maximum absolute atomic E-state index is 12.3. The highest BCUT2D eigenvalue weighted by molar-refractivity contribution is 7.88. The normalized spacial score (nSPS) is 18.5. The van der Waals surface area contributed by atoms with E-state index in [1.165, 1.54) is 16.1 Å². The molecule has 1 aliphatic rings. The molecule has 2 rings (SSSR count). The van der Waals surface area contributed by atoms with Crippen molar-refractivity contribution in [2.24, 2.45) is 5.92 Å². The fraction of sp³-hybridized carbons (Fsp3) is 0.588. The first-order chi connectivity index (χ1) is 10.9. The van der Waals surface area contributed by atoms with E-state index in [-0.39, 0.29) is 11.8 Å². The largest absolute Gasteiger partial charge is 0.355 e. The van der Waals surface area contributed by atoms with Gasteiger partial charge in [-0.05, 0) is 24.8 Å². The van der Waals surface area contributed by atoms with Gasteiger partial charge >= 0.3 is 0 Å². The number of hydrogen-bond acceptors (Lipinski definition) is 3. The van der Waals surface area contributed by atoms with Crippen LogP contribution in [0.1, 0.15) is 37.7 Å². The van der Waals surface area contributed by atoms with Crippen molar-refractivity contribution in [1.29, 1.82) is 0 Å². The van der Waals surface area contributed by atoms with E-state index in [0.29, 0.717) is 38.4 Å². The molecule has 1 aromatic rings. The van der Waals surface area contributed by atoms with Gasteiger partial charge in [0.1, 0.15) is 0 Å². The summed E-state index contributed by atoms with van der Waals surface area (Å²) in [5.41, 5.74) is 1.24. The summed E-state index contributed by atoms with van der Waals surface area (Å²) in [4.78, 5) is 12.3. The Balaban J connectivity index is 1.83. The molecule has 0 saturated carbocycles. The third kappa shape index (κ3) is 5.04. The van der Waals surface area contributed by atoms with Gasteiger partial charge in [0.05, 0.1) is 6.26 Å². The maximum Gasteiger partial charge on any atom is 0.223 e. The predicted octanol–water partition coefficient (Wildman–Crippen LogP) is 1.97. The van der Waals surface area contributed by atoms with E-state index in [1.807, 2.05) is 18.2 Å². The van der Waals surface area contributed by atoms with Crippen molar-refractivity contribution in [3.05, 3.63) is 35.9 Å². The minimum atomic E-state index is -3.14. The molecule has 23 heavy (non-hydrogen) atoms. The van der Waals surface area contributed by atoms with Gasteiger partial charge < -0.3 is 5.32 Å². The summed E-state index contributed by atoms with van der Waals surface area (Å²) in [6.45, 7) is 3.62. The van der Waals surface area contributed by atoms with Crippen molar-refractivity contribution in [2.75, 3.05) is 25.9 Å². The second-order valence-corrected chi connectivity index (χ2v) is 8.18. The van der Waals surface area contributed by atoms with Gasteiger partial charge in [0, 0.05) is 31.5 Å². The lowest BCUT2D eigenvalue weighted by molar-refractivity contribution is -0.126. The van der Waals surface area contributed by atoms with Gasteiger partial charge in [0.25, 0.3) is 0 Å². The second-order valence-electron chi connectivity index (χ2n) is 6.20. The summed E-state index contributed by atoms with van der Waals surface area (Å²) in [5, 5.41) is 3.05. The SMILES string of the molecule is CC[C@@H](CNC(=O)C1CCN(S(C)(=O)=O)CC1)c1ccccc1. The maximum atomic E-state index is 12.3. The molecular formula is C17H26N2O3S. The molecule has 0 radical (unpaired) electrons. The van der Waals surface area contributed by atoms with Crippen LogP contribution in [-0.4, -0.2) is 44.5 Å². The fourth-order valence-electron chi connectivity index (χ4n) is 3.04. The van der Waals surface area contributed by atoms with E-state index >= 15 is 0 Å². The first-order valence-electron chi connectivity index (χ1n) is 8.19. The average molecular weight is 338 g/mol. The van der Waals surface area contributed by atoms with Crippen LogP contribution in [-0.2, 0) is 14.8 Å². The van der Waals surface area contributed by atoms with Gasteiger partial charge in [-0.15, -0.1) is 0 Å². The van der Waals surface area contributed by atoms with Gasteiger partial charge in [-0.1, -0.05) is 37.3 Å². The van der Waals surface area contributed by atoms with Crippen LogP contribution in [0.3, 0.4) is 0 Å². The Bertz CT molecular complexity index is 608. The standard InChI is InChI=1S/C17H26N2O3S/c1-3-14(15-7-5-4-6-8-15)13-18-17(20)16-9-11-19(12-10-16)23(2,21)22/h4-8,14,16H,3,9-13H2,1-2H3,(H,18,20)/t14-/m0/s1. The number of sulfonamides is 1. The second kappa shape index (κ2) is 7.93. The van der Waals surface area contributed by atoms with E-state index in [2.05, 4.69) is 24.4 Å². The molecule has 1 amide bonds. The highest BCUT2D eigenvalue weighted by atomic mass is 32.2. The molecule has 1 fully saturated rings. The summed E-state index contributed by atoms with van der Waals surface area (Å²) in [7, 11) is -3.14. The molecule has 0 bridgehead atoms. The minimum absolute atomic E-state index is 0.0486. The predicted molar refractivity (Wildman–Crippen MR) is 91.6 cm³/mol. The minimum Gasteiger partial charge on any atom is -0.355 e. The molecule has 0 unspecified atom stereocenters. The molecule has 1 atom stereocenters. The zero-order chi connectivity index (χ0) is 16.9.